The highest BCUT2D eigenvalue weighted by molar-refractivity contribution is 9.10. The average Bonchev–Trinajstić information content (AvgIpc) is 2.91. The van der Waals surface area contributed by atoms with Gasteiger partial charge in [-0.15, -0.1) is 11.3 Å². The number of nitrogens with one attached hydrogen (secondary N) is 1. The Labute approximate surface area is 136 Å². The minimum Gasteiger partial charge on any atom is -0.348 e. The summed E-state index contributed by atoms with van der Waals surface area (Å²) in [5, 5.41) is 5.49. The van der Waals surface area contributed by atoms with Crippen LogP contribution in [0.15, 0.2) is 34.1 Å². The zero-order valence-electron chi connectivity index (χ0n) is 12.0. The lowest BCUT2D eigenvalue weighted by Crippen LogP contribution is -2.34. The molecular formula is C15H18BrN3OS. The zero-order chi connectivity index (χ0) is 15.4. The molecule has 0 radical (unpaired) electrons. The van der Waals surface area contributed by atoms with Crippen LogP contribution >= 0.6 is 27.3 Å². The Kier molecular flexibility index (Phi) is 5.50. The third-order valence-corrected chi connectivity index (χ3v) is 4.55. The molecule has 112 valence electrons. The number of amides is 1. The van der Waals surface area contributed by atoms with Crippen LogP contribution < -0.4 is 11.1 Å². The van der Waals surface area contributed by atoms with Gasteiger partial charge in [-0.3, -0.25) is 4.79 Å². The number of thiazole rings is 1. The predicted octanol–water partition coefficient (Wildman–Crippen LogP) is 3.29. The Bertz CT molecular complexity index is 610. The van der Waals surface area contributed by atoms with Crippen molar-refractivity contribution in [1.29, 1.82) is 0 Å². The van der Waals surface area contributed by atoms with Gasteiger partial charge in [0.05, 0.1) is 6.04 Å². The summed E-state index contributed by atoms with van der Waals surface area (Å²) in [6, 6.07) is 7.99. The first-order chi connectivity index (χ1) is 9.95. The number of benzene rings is 1. The zero-order valence-corrected chi connectivity index (χ0v) is 14.4. The van der Waals surface area contributed by atoms with Gasteiger partial charge >= 0.3 is 0 Å². The number of carbonyl (C=O) groups excluding carboxylic acids is 1. The van der Waals surface area contributed by atoms with Crippen molar-refractivity contribution in [3.8, 4) is 0 Å². The summed E-state index contributed by atoms with van der Waals surface area (Å²) in [6.45, 7) is 3.84. The van der Waals surface area contributed by atoms with Crippen molar-refractivity contribution in [2.75, 3.05) is 0 Å². The number of hydrogen-bond donors (Lipinski definition) is 2. The normalized spacial score (nSPS) is 13.7. The molecule has 0 aliphatic heterocycles. The Morgan fingerprint density at radius 2 is 2.05 bits per heavy atom. The number of nitrogens with two attached hydrogens (primary N) is 1. The fraction of sp³-hybridized carbons (Fsp3) is 0.333. The highest BCUT2D eigenvalue weighted by Gasteiger charge is 2.15. The number of hydrogen-bond acceptors (Lipinski definition) is 4. The molecule has 1 aromatic heterocycles. The molecule has 0 bridgehead atoms. The van der Waals surface area contributed by atoms with Crippen molar-refractivity contribution in [3.05, 3.63) is 50.4 Å². The summed E-state index contributed by atoms with van der Waals surface area (Å²) in [6.07, 6.45) is 0.781. The van der Waals surface area contributed by atoms with Crippen molar-refractivity contribution >= 4 is 33.2 Å². The maximum atomic E-state index is 12.1. The van der Waals surface area contributed by atoms with Crippen molar-refractivity contribution in [2.24, 2.45) is 5.73 Å². The molecule has 0 aliphatic rings. The lowest BCUT2D eigenvalue weighted by Gasteiger charge is -2.13. The van der Waals surface area contributed by atoms with Crippen molar-refractivity contribution in [3.63, 3.8) is 0 Å². The standard InChI is InChI=1S/C15H18BrN3OS/c1-9(7-11-3-5-12(16)6-4-11)18-14(20)13-8-21-15(19-13)10(2)17/h3-6,8-10H,7,17H2,1-2H3,(H,18,20). The number of rotatable bonds is 5. The number of halogens is 1. The van der Waals surface area contributed by atoms with E-state index >= 15 is 0 Å². The van der Waals surface area contributed by atoms with Gasteiger partial charge in [-0.1, -0.05) is 28.1 Å². The lowest BCUT2D eigenvalue weighted by molar-refractivity contribution is 0.0935. The second-order valence-corrected chi connectivity index (χ2v) is 6.87. The van der Waals surface area contributed by atoms with Crippen LogP contribution in [0.25, 0.3) is 0 Å². The Balaban J connectivity index is 1.93. The highest BCUT2D eigenvalue weighted by Crippen LogP contribution is 2.16. The van der Waals surface area contributed by atoms with Gasteiger partial charge in [-0.2, -0.15) is 0 Å². The van der Waals surface area contributed by atoms with E-state index < -0.39 is 0 Å². The number of nitrogens with zero attached hydrogens (tertiary/aromatic N) is 1. The molecule has 1 heterocycles. The molecule has 2 aromatic rings. The smallest absolute Gasteiger partial charge is 0.270 e. The maximum Gasteiger partial charge on any atom is 0.270 e. The van der Waals surface area contributed by atoms with Crippen LogP contribution in [0.3, 0.4) is 0 Å². The summed E-state index contributed by atoms with van der Waals surface area (Å²) >= 11 is 4.83. The van der Waals surface area contributed by atoms with Gasteiger partial charge in [0.25, 0.3) is 5.91 Å². The van der Waals surface area contributed by atoms with Crippen LogP contribution in [0.5, 0.6) is 0 Å². The largest absolute Gasteiger partial charge is 0.348 e. The van der Waals surface area contributed by atoms with Gasteiger partial charge in [0.1, 0.15) is 10.7 Å². The summed E-state index contributed by atoms with van der Waals surface area (Å²) < 4.78 is 1.05. The quantitative estimate of drug-likeness (QED) is 0.851. The first-order valence-electron chi connectivity index (χ1n) is 6.72. The van der Waals surface area contributed by atoms with Gasteiger partial charge in [-0.05, 0) is 38.0 Å². The van der Waals surface area contributed by atoms with Crippen LogP contribution in [0.1, 0.15) is 40.9 Å². The summed E-state index contributed by atoms with van der Waals surface area (Å²) in [5.74, 6) is -0.150. The molecule has 2 atom stereocenters. The van der Waals surface area contributed by atoms with E-state index in [0.29, 0.717) is 5.69 Å². The van der Waals surface area contributed by atoms with Crippen LogP contribution in [0, 0.1) is 0 Å². The third kappa shape index (κ3) is 4.62. The molecule has 0 fully saturated rings. The van der Waals surface area contributed by atoms with Crippen molar-refractivity contribution in [1.82, 2.24) is 10.3 Å². The SMILES string of the molecule is CC(Cc1ccc(Br)cc1)NC(=O)c1csc(C(C)N)n1. The van der Waals surface area contributed by atoms with Gasteiger partial charge in [0.15, 0.2) is 0 Å². The molecule has 3 N–H and O–H groups in total. The summed E-state index contributed by atoms with van der Waals surface area (Å²) in [5.41, 5.74) is 7.38. The molecule has 4 nitrogen and oxygen atoms in total. The molecule has 2 unspecified atom stereocenters. The Morgan fingerprint density at radius 3 is 2.62 bits per heavy atom. The first-order valence-corrected chi connectivity index (χ1v) is 8.39. The second kappa shape index (κ2) is 7.15. The molecule has 0 saturated carbocycles. The van der Waals surface area contributed by atoms with Crippen LogP contribution in [-0.4, -0.2) is 16.9 Å². The number of aromatic nitrogens is 1. The molecule has 1 amide bonds. The molecule has 0 spiro atoms. The van der Waals surface area contributed by atoms with E-state index in [9.17, 15) is 4.79 Å². The van der Waals surface area contributed by atoms with E-state index in [4.69, 9.17) is 5.73 Å². The summed E-state index contributed by atoms with van der Waals surface area (Å²) in [7, 11) is 0. The molecule has 0 aliphatic carbocycles. The Morgan fingerprint density at radius 1 is 1.38 bits per heavy atom. The minimum atomic E-state index is -0.150. The molecule has 6 heteroatoms. The summed E-state index contributed by atoms with van der Waals surface area (Å²) in [4.78, 5) is 16.4. The third-order valence-electron chi connectivity index (χ3n) is 2.98. The van der Waals surface area contributed by atoms with Gasteiger partial charge in [0, 0.05) is 15.9 Å². The average molecular weight is 368 g/mol. The van der Waals surface area contributed by atoms with Crippen LogP contribution in [0.2, 0.25) is 0 Å². The topological polar surface area (TPSA) is 68.0 Å². The number of carbonyl (C=O) groups is 1. The molecule has 1 aromatic carbocycles. The highest BCUT2D eigenvalue weighted by atomic mass is 79.9. The van der Waals surface area contributed by atoms with Gasteiger partial charge < -0.3 is 11.1 Å². The molecule has 0 saturated heterocycles. The van der Waals surface area contributed by atoms with E-state index in [-0.39, 0.29) is 18.0 Å². The maximum absolute atomic E-state index is 12.1. The van der Waals surface area contributed by atoms with Crippen molar-refractivity contribution < 1.29 is 4.79 Å². The lowest BCUT2D eigenvalue weighted by atomic mass is 10.1. The van der Waals surface area contributed by atoms with Crippen LogP contribution in [0.4, 0.5) is 0 Å². The predicted molar refractivity (Wildman–Crippen MR) is 89.5 cm³/mol. The fourth-order valence-electron chi connectivity index (χ4n) is 1.92. The molecular weight excluding hydrogens is 350 g/mol. The van der Waals surface area contributed by atoms with E-state index in [1.807, 2.05) is 38.1 Å². The second-order valence-electron chi connectivity index (χ2n) is 5.06. The minimum absolute atomic E-state index is 0.0409. The van der Waals surface area contributed by atoms with Crippen molar-refractivity contribution in [2.45, 2.75) is 32.4 Å². The molecule has 2 rings (SSSR count). The van der Waals surface area contributed by atoms with E-state index in [2.05, 4.69) is 26.2 Å². The van der Waals surface area contributed by atoms with E-state index in [0.717, 1.165) is 15.9 Å². The fourth-order valence-corrected chi connectivity index (χ4v) is 2.95. The Hall–Kier alpha value is -1.24. The monoisotopic (exact) mass is 367 g/mol. The van der Waals surface area contributed by atoms with E-state index in [1.165, 1.54) is 16.9 Å². The van der Waals surface area contributed by atoms with E-state index in [1.54, 1.807) is 5.38 Å². The van der Waals surface area contributed by atoms with Crippen LogP contribution in [-0.2, 0) is 6.42 Å². The van der Waals surface area contributed by atoms with Gasteiger partial charge in [0.2, 0.25) is 0 Å². The molecule has 21 heavy (non-hydrogen) atoms. The first kappa shape index (κ1) is 16.1. The van der Waals surface area contributed by atoms with Gasteiger partial charge in [-0.25, -0.2) is 4.98 Å².